The van der Waals surface area contributed by atoms with Gasteiger partial charge in [0.2, 0.25) is 10.0 Å². The van der Waals surface area contributed by atoms with Gasteiger partial charge in [-0.15, -0.1) is 0 Å². The third-order valence-corrected chi connectivity index (χ3v) is 5.40. The van der Waals surface area contributed by atoms with Crippen LogP contribution in [-0.2, 0) is 10.0 Å². The van der Waals surface area contributed by atoms with Crippen LogP contribution in [0.1, 0.15) is 18.5 Å². The number of rotatable bonds is 4. The van der Waals surface area contributed by atoms with Crippen molar-refractivity contribution in [2.24, 2.45) is 0 Å². The first-order chi connectivity index (χ1) is 6.96. The normalized spacial score (nSPS) is 13.8. The summed E-state index contributed by atoms with van der Waals surface area (Å²) in [6, 6.07) is 7.28. The van der Waals surface area contributed by atoms with E-state index in [0.29, 0.717) is 0 Å². The highest BCUT2D eigenvalue weighted by molar-refractivity contribution is 9.11. The minimum absolute atomic E-state index is 0.0885. The van der Waals surface area contributed by atoms with Gasteiger partial charge in [-0.05, 0) is 18.6 Å². The molecule has 0 saturated heterocycles. The quantitative estimate of drug-likeness (QED) is 0.843. The van der Waals surface area contributed by atoms with E-state index in [1.807, 2.05) is 24.3 Å². The van der Waals surface area contributed by atoms with Gasteiger partial charge in [0.25, 0.3) is 0 Å². The Labute approximate surface area is 107 Å². The fourth-order valence-corrected chi connectivity index (χ4v) is 2.94. The van der Waals surface area contributed by atoms with Crippen LogP contribution < -0.4 is 4.72 Å². The Kier molecular flexibility index (Phi) is 4.76. The maximum absolute atomic E-state index is 11.3. The van der Waals surface area contributed by atoms with Gasteiger partial charge in [0.1, 0.15) is 4.66 Å². The molecule has 6 heteroatoms. The Morgan fingerprint density at radius 3 is 2.53 bits per heavy atom. The predicted octanol–water partition coefficient (Wildman–Crippen LogP) is 2.78. The van der Waals surface area contributed by atoms with Gasteiger partial charge in [0, 0.05) is 10.5 Å². The van der Waals surface area contributed by atoms with E-state index >= 15 is 0 Å². The predicted molar refractivity (Wildman–Crippen MR) is 68.4 cm³/mol. The van der Waals surface area contributed by atoms with Crippen molar-refractivity contribution in [1.82, 2.24) is 4.72 Å². The molecule has 0 spiro atoms. The molecule has 0 saturated carbocycles. The smallest absolute Gasteiger partial charge is 0.212 e. The molecule has 0 amide bonds. The Hall–Kier alpha value is 0.0900. The first-order valence-electron chi connectivity index (χ1n) is 4.26. The Morgan fingerprint density at radius 2 is 2.00 bits per heavy atom. The zero-order chi connectivity index (χ0) is 11.5. The summed E-state index contributed by atoms with van der Waals surface area (Å²) in [4.78, 5) is 0. The average Bonchev–Trinajstić information content (AvgIpc) is 2.17. The SMILES string of the molecule is CC(NS(=O)(=O)CBr)c1ccccc1Br. The molecular formula is C9H11Br2NO2S. The molecule has 3 nitrogen and oxygen atoms in total. The van der Waals surface area contributed by atoms with Gasteiger partial charge in [-0.2, -0.15) is 0 Å². The largest absolute Gasteiger partial charge is 0.222 e. The van der Waals surface area contributed by atoms with Crippen LogP contribution in [0.3, 0.4) is 0 Å². The number of hydrogen-bond acceptors (Lipinski definition) is 2. The van der Waals surface area contributed by atoms with Gasteiger partial charge in [-0.25, -0.2) is 13.1 Å². The van der Waals surface area contributed by atoms with Gasteiger partial charge in [-0.3, -0.25) is 0 Å². The third kappa shape index (κ3) is 3.86. The summed E-state index contributed by atoms with van der Waals surface area (Å²) in [7, 11) is -3.24. The Morgan fingerprint density at radius 1 is 1.40 bits per heavy atom. The summed E-state index contributed by atoms with van der Waals surface area (Å²) < 4.78 is 26.0. The fraction of sp³-hybridized carbons (Fsp3) is 0.333. The first-order valence-corrected chi connectivity index (χ1v) is 7.83. The minimum Gasteiger partial charge on any atom is -0.212 e. The molecule has 1 aromatic rings. The zero-order valence-corrected chi connectivity index (χ0v) is 12.1. The van der Waals surface area contributed by atoms with Gasteiger partial charge in [-0.1, -0.05) is 50.1 Å². The van der Waals surface area contributed by atoms with Gasteiger partial charge >= 0.3 is 0 Å². The minimum atomic E-state index is -3.24. The van der Waals surface area contributed by atoms with Crippen LogP contribution in [0.4, 0.5) is 0 Å². The molecule has 0 radical (unpaired) electrons. The number of sulfonamides is 1. The van der Waals surface area contributed by atoms with Crippen molar-refractivity contribution in [3.8, 4) is 0 Å². The van der Waals surface area contributed by atoms with E-state index in [4.69, 9.17) is 0 Å². The molecule has 1 N–H and O–H groups in total. The average molecular weight is 357 g/mol. The molecule has 0 heterocycles. The highest BCUT2D eigenvalue weighted by Crippen LogP contribution is 2.23. The van der Waals surface area contributed by atoms with Crippen LogP contribution in [-0.4, -0.2) is 13.1 Å². The number of halogens is 2. The van der Waals surface area contributed by atoms with Crippen molar-refractivity contribution in [2.75, 3.05) is 4.66 Å². The molecule has 0 bridgehead atoms. The maximum atomic E-state index is 11.3. The van der Waals surface area contributed by atoms with Crippen LogP contribution in [0.2, 0.25) is 0 Å². The highest BCUT2D eigenvalue weighted by atomic mass is 79.9. The number of benzene rings is 1. The lowest BCUT2D eigenvalue weighted by Crippen LogP contribution is -2.27. The van der Waals surface area contributed by atoms with E-state index in [9.17, 15) is 8.42 Å². The zero-order valence-electron chi connectivity index (χ0n) is 8.07. The molecule has 84 valence electrons. The maximum Gasteiger partial charge on any atom is 0.222 e. The van der Waals surface area contributed by atoms with Crippen molar-refractivity contribution in [3.05, 3.63) is 34.3 Å². The molecule has 0 aliphatic heterocycles. The second-order valence-corrected chi connectivity index (χ2v) is 7.00. The van der Waals surface area contributed by atoms with Gasteiger partial charge < -0.3 is 0 Å². The van der Waals surface area contributed by atoms with E-state index < -0.39 is 10.0 Å². The van der Waals surface area contributed by atoms with Crippen molar-refractivity contribution < 1.29 is 8.42 Å². The van der Waals surface area contributed by atoms with E-state index in [2.05, 4.69) is 36.6 Å². The summed E-state index contributed by atoms with van der Waals surface area (Å²) in [5.41, 5.74) is 0.919. The highest BCUT2D eigenvalue weighted by Gasteiger charge is 2.15. The van der Waals surface area contributed by atoms with E-state index in [0.717, 1.165) is 10.0 Å². The second kappa shape index (κ2) is 5.43. The molecule has 0 aliphatic carbocycles. The van der Waals surface area contributed by atoms with Crippen LogP contribution in [0.25, 0.3) is 0 Å². The van der Waals surface area contributed by atoms with Gasteiger partial charge in [0.05, 0.1) is 0 Å². The lowest BCUT2D eigenvalue weighted by Gasteiger charge is -2.14. The standard InChI is InChI=1S/C9H11Br2NO2S/c1-7(12-15(13,14)6-10)8-4-2-3-5-9(8)11/h2-5,7,12H,6H2,1H3. The summed E-state index contributed by atoms with van der Waals surface area (Å²) in [5.74, 6) is 0. The molecular weight excluding hydrogens is 346 g/mol. The lowest BCUT2D eigenvalue weighted by atomic mass is 10.1. The molecule has 1 atom stereocenters. The number of nitrogens with one attached hydrogen (secondary N) is 1. The van der Waals surface area contributed by atoms with Crippen molar-refractivity contribution in [2.45, 2.75) is 13.0 Å². The van der Waals surface area contributed by atoms with Crippen molar-refractivity contribution in [3.63, 3.8) is 0 Å². The Balaban J connectivity index is 2.87. The Bertz CT molecular complexity index is 433. The van der Waals surface area contributed by atoms with Crippen LogP contribution in [0.15, 0.2) is 28.7 Å². The van der Waals surface area contributed by atoms with E-state index in [1.165, 1.54) is 0 Å². The number of alkyl halides is 1. The molecule has 0 aliphatic rings. The summed E-state index contributed by atoms with van der Waals surface area (Å²) in [6.45, 7) is 1.81. The lowest BCUT2D eigenvalue weighted by molar-refractivity contribution is 0.572. The monoisotopic (exact) mass is 355 g/mol. The van der Waals surface area contributed by atoms with E-state index in [1.54, 1.807) is 6.92 Å². The fourth-order valence-electron chi connectivity index (χ4n) is 1.19. The molecule has 1 unspecified atom stereocenters. The van der Waals surface area contributed by atoms with Gasteiger partial charge in [0.15, 0.2) is 0 Å². The summed E-state index contributed by atoms with van der Waals surface area (Å²) in [5, 5.41) is 0. The first kappa shape index (κ1) is 13.2. The van der Waals surface area contributed by atoms with E-state index in [-0.39, 0.29) is 10.7 Å². The topological polar surface area (TPSA) is 46.2 Å². The summed E-state index contributed by atoms with van der Waals surface area (Å²) >= 11 is 6.31. The molecule has 0 aromatic heterocycles. The van der Waals surface area contributed by atoms with Crippen LogP contribution in [0.5, 0.6) is 0 Å². The van der Waals surface area contributed by atoms with Crippen molar-refractivity contribution in [1.29, 1.82) is 0 Å². The molecule has 1 aromatic carbocycles. The molecule has 0 fully saturated rings. The van der Waals surface area contributed by atoms with Crippen molar-refractivity contribution >= 4 is 41.9 Å². The summed E-state index contributed by atoms with van der Waals surface area (Å²) in [6.07, 6.45) is 0. The molecule has 1 rings (SSSR count). The second-order valence-electron chi connectivity index (χ2n) is 3.08. The number of hydrogen-bond donors (Lipinski definition) is 1. The van der Waals surface area contributed by atoms with Crippen LogP contribution >= 0.6 is 31.9 Å². The van der Waals surface area contributed by atoms with Crippen LogP contribution in [0, 0.1) is 0 Å². The third-order valence-electron chi connectivity index (χ3n) is 1.87. The molecule has 15 heavy (non-hydrogen) atoms.